The third kappa shape index (κ3) is 6.15. The van der Waals surface area contributed by atoms with E-state index < -0.39 is 5.91 Å². The quantitative estimate of drug-likeness (QED) is 0.368. The summed E-state index contributed by atoms with van der Waals surface area (Å²) in [7, 11) is 1.56. The lowest BCUT2D eigenvalue weighted by Crippen LogP contribution is -2.32. The Kier molecular flexibility index (Phi) is 7.79. The van der Waals surface area contributed by atoms with E-state index in [2.05, 4.69) is 41.5 Å². The van der Waals surface area contributed by atoms with Gasteiger partial charge in [0.1, 0.15) is 12.4 Å². The summed E-state index contributed by atoms with van der Waals surface area (Å²) in [6.07, 6.45) is 0. The highest BCUT2D eigenvalue weighted by Gasteiger charge is 2.15. The summed E-state index contributed by atoms with van der Waals surface area (Å²) >= 11 is 3.54. The van der Waals surface area contributed by atoms with E-state index in [1.807, 2.05) is 12.1 Å². The van der Waals surface area contributed by atoms with Gasteiger partial charge in [-0.1, -0.05) is 28.1 Å². The highest BCUT2D eigenvalue weighted by atomic mass is 79.9. The van der Waals surface area contributed by atoms with Gasteiger partial charge in [-0.3, -0.25) is 4.79 Å². The second kappa shape index (κ2) is 10.7. The first-order chi connectivity index (χ1) is 15.0. The van der Waals surface area contributed by atoms with Gasteiger partial charge in [-0.05, 0) is 45.7 Å². The van der Waals surface area contributed by atoms with Crippen molar-refractivity contribution < 1.29 is 23.3 Å². The predicted molar refractivity (Wildman–Crippen MR) is 114 cm³/mol. The SMILES string of the molecule is COc1cc(CNCCNC(=O)c2nonc2N)c(Br)cc1OCc1ccc(F)cc1. The molecule has 3 rings (SSSR count). The Bertz CT molecular complexity index is 1030. The van der Waals surface area contributed by atoms with E-state index >= 15 is 0 Å². The molecule has 31 heavy (non-hydrogen) atoms. The lowest BCUT2D eigenvalue weighted by atomic mass is 10.2. The van der Waals surface area contributed by atoms with Crippen molar-refractivity contribution in [2.75, 3.05) is 25.9 Å². The fraction of sp³-hybridized carbons (Fsp3) is 0.250. The Hall–Kier alpha value is -3.18. The average Bonchev–Trinajstić information content (AvgIpc) is 3.20. The fourth-order valence-corrected chi connectivity index (χ4v) is 3.11. The third-order valence-electron chi connectivity index (χ3n) is 4.27. The maximum atomic E-state index is 13.0. The molecule has 0 unspecified atom stereocenters. The molecule has 4 N–H and O–H groups in total. The minimum Gasteiger partial charge on any atom is -0.493 e. The lowest BCUT2D eigenvalue weighted by molar-refractivity contribution is 0.0944. The zero-order valence-corrected chi connectivity index (χ0v) is 18.2. The van der Waals surface area contributed by atoms with Crippen molar-refractivity contribution in [1.29, 1.82) is 0 Å². The molecule has 3 aromatic rings. The standard InChI is InChI=1S/C20H21BrFN5O4/c1-29-16-8-13(10-24-6-7-25-20(28)18-19(23)27-31-26-18)15(21)9-17(16)30-11-12-2-4-14(22)5-3-12/h2-5,8-9,24H,6-7,10-11H2,1H3,(H2,23,27)(H,25,28). The van der Waals surface area contributed by atoms with Gasteiger partial charge >= 0.3 is 0 Å². The lowest BCUT2D eigenvalue weighted by Gasteiger charge is -2.15. The van der Waals surface area contributed by atoms with Gasteiger partial charge in [0.15, 0.2) is 11.5 Å². The second-order valence-corrected chi connectivity index (χ2v) is 7.29. The maximum absolute atomic E-state index is 13.0. The summed E-state index contributed by atoms with van der Waals surface area (Å²) in [5.41, 5.74) is 7.23. The molecule has 0 radical (unpaired) electrons. The van der Waals surface area contributed by atoms with Gasteiger partial charge in [-0.25, -0.2) is 9.02 Å². The molecule has 0 spiro atoms. The number of hydrogen-bond donors (Lipinski definition) is 3. The monoisotopic (exact) mass is 493 g/mol. The molecule has 11 heteroatoms. The van der Waals surface area contributed by atoms with Crippen LogP contribution in [0.2, 0.25) is 0 Å². The van der Waals surface area contributed by atoms with Gasteiger partial charge in [-0.2, -0.15) is 0 Å². The van der Waals surface area contributed by atoms with Crippen LogP contribution in [0.4, 0.5) is 10.2 Å². The first kappa shape index (κ1) is 22.5. The summed E-state index contributed by atoms with van der Waals surface area (Å²) in [4.78, 5) is 11.9. The Balaban J connectivity index is 1.50. The molecule has 0 saturated carbocycles. The van der Waals surface area contributed by atoms with Gasteiger partial charge in [0.05, 0.1) is 7.11 Å². The Labute approximate surface area is 186 Å². The first-order valence-electron chi connectivity index (χ1n) is 9.28. The number of hydrogen-bond acceptors (Lipinski definition) is 8. The van der Waals surface area contributed by atoms with E-state index in [1.54, 1.807) is 19.2 Å². The van der Waals surface area contributed by atoms with Crippen molar-refractivity contribution in [3.8, 4) is 11.5 Å². The largest absolute Gasteiger partial charge is 0.493 e. The summed E-state index contributed by atoms with van der Waals surface area (Å²) in [6.45, 7) is 1.68. The fourth-order valence-electron chi connectivity index (χ4n) is 2.65. The van der Waals surface area contributed by atoms with Crippen LogP contribution in [0.5, 0.6) is 11.5 Å². The number of carbonyl (C=O) groups is 1. The number of rotatable bonds is 10. The van der Waals surface area contributed by atoms with Gasteiger partial charge < -0.3 is 25.8 Å². The molecule has 0 aliphatic rings. The minimum absolute atomic E-state index is 0.0382. The molecule has 0 aliphatic heterocycles. The van der Waals surface area contributed by atoms with Crippen molar-refractivity contribution in [2.24, 2.45) is 0 Å². The van der Waals surface area contributed by atoms with Gasteiger partial charge in [0.2, 0.25) is 11.5 Å². The molecule has 0 saturated heterocycles. The van der Waals surface area contributed by atoms with Crippen molar-refractivity contribution >= 4 is 27.7 Å². The smallest absolute Gasteiger partial charge is 0.277 e. The second-order valence-electron chi connectivity index (χ2n) is 6.44. The molecule has 0 fully saturated rings. The van der Waals surface area contributed by atoms with Gasteiger partial charge in [0, 0.05) is 24.1 Å². The molecule has 164 valence electrons. The first-order valence-corrected chi connectivity index (χ1v) is 10.1. The number of nitrogens with zero attached hydrogens (tertiary/aromatic N) is 2. The van der Waals surface area contributed by atoms with E-state index in [0.29, 0.717) is 31.1 Å². The number of amides is 1. The molecule has 0 atom stereocenters. The molecule has 9 nitrogen and oxygen atoms in total. The number of ether oxygens (including phenoxy) is 2. The topological polar surface area (TPSA) is 125 Å². The van der Waals surface area contributed by atoms with Crippen LogP contribution in [0.3, 0.4) is 0 Å². The van der Waals surface area contributed by atoms with Crippen LogP contribution in [0.15, 0.2) is 45.5 Å². The summed E-state index contributed by atoms with van der Waals surface area (Å²) in [5.74, 6) is 0.340. The number of aromatic nitrogens is 2. The molecule has 1 heterocycles. The van der Waals surface area contributed by atoms with E-state index in [-0.39, 0.29) is 23.9 Å². The Morgan fingerprint density at radius 2 is 1.97 bits per heavy atom. The molecule has 0 aliphatic carbocycles. The average molecular weight is 494 g/mol. The van der Waals surface area contributed by atoms with E-state index in [0.717, 1.165) is 15.6 Å². The van der Waals surface area contributed by atoms with Crippen molar-refractivity contribution in [1.82, 2.24) is 20.9 Å². The molecule has 2 aromatic carbocycles. The predicted octanol–water partition coefficient (Wildman–Crippen LogP) is 2.66. The van der Waals surface area contributed by atoms with Crippen LogP contribution in [0, 0.1) is 5.82 Å². The van der Waals surface area contributed by atoms with Crippen molar-refractivity contribution in [2.45, 2.75) is 13.2 Å². The number of nitrogens with two attached hydrogens (primary N) is 1. The van der Waals surface area contributed by atoms with Crippen LogP contribution >= 0.6 is 15.9 Å². The van der Waals surface area contributed by atoms with E-state index in [1.165, 1.54) is 12.1 Å². The van der Waals surface area contributed by atoms with E-state index in [9.17, 15) is 9.18 Å². The number of carbonyl (C=O) groups excluding carboxylic acids is 1. The number of methoxy groups -OCH3 is 1. The van der Waals surface area contributed by atoms with Gasteiger partial charge in [0.25, 0.3) is 5.91 Å². The van der Waals surface area contributed by atoms with Crippen molar-refractivity contribution in [3.63, 3.8) is 0 Å². The van der Waals surface area contributed by atoms with Crippen LogP contribution in [-0.2, 0) is 13.2 Å². The highest BCUT2D eigenvalue weighted by molar-refractivity contribution is 9.10. The summed E-state index contributed by atoms with van der Waals surface area (Å²) in [6, 6.07) is 9.79. The Morgan fingerprint density at radius 3 is 2.65 bits per heavy atom. The normalized spacial score (nSPS) is 10.7. The van der Waals surface area contributed by atoms with Crippen LogP contribution < -0.4 is 25.8 Å². The van der Waals surface area contributed by atoms with Crippen LogP contribution in [-0.4, -0.2) is 36.4 Å². The zero-order chi connectivity index (χ0) is 22.2. The molecule has 1 aromatic heterocycles. The number of anilines is 1. The number of halogens is 2. The number of nitrogen functional groups attached to an aromatic ring is 1. The third-order valence-corrected chi connectivity index (χ3v) is 5.01. The van der Waals surface area contributed by atoms with Gasteiger partial charge in [-0.15, -0.1) is 0 Å². The molecular formula is C20H21BrFN5O4. The summed E-state index contributed by atoms with van der Waals surface area (Å²) in [5, 5.41) is 12.7. The molecule has 0 bridgehead atoms. The minimum atomic E-state index is -0.453. The van der Waals surface area contributed by atoms with Crippen LogP contribution in [0.25, 0.3) is 0 Å². The maximum Gasteiger partial charge on any atom is 0.277 e. The Morgan fingerprint density at radius 1 is 1.19 bits per heavy atom. The van der Waals surface area contributed by atoms with E-state index in [4.69, 9.17) is 15.2 Å². The van der Waals surface area contributed by atoms with Crippen LogP contribution in [0.1, 0.15) is 21.6 Å². The number of nitrogens with one attached hydrogen (secondary N) is 2. The zero-order valence-electron chi connectivity index (χ0n) is 16.7. The highest BCUT2D eigenvalue weighted by Crippen LogP contribution is 2.34. The van der Waals surface area contributed by atoms with Crippen molar-refractivity contribution in [3.05, 3.63) is 63.5 Å². The molecule has 1 amide bonds. The summed E-state index contributed by atoms with van der Waals surface area (Å²) < 4.78 is 29.5. The number of benzene rings is 2. The molecular weight excluding hydrogens is 473 g/mol.